The Morgan fingerprint density at radius 3 is 2.44 bits per heavy atom. The molecule has 0 fully saturated rings. The number of hydrogen-bond acceptors (Lipinski definition) is 1. The second kappa shape index (κ2) is 4.42. The summed E-state index contributed by atoms with van der Waals surface area (Å²) in [5.41, 5.74) is 0. The molecule has 0 atom stereocenters. The lowest BCUT2D eigenvalue weighted by Gasteiger charge is -2.08. The molecule has 54 valence electrons. The van der Waals surface area contributed by atoms with E-state index < -0.39 is 0 Å². The van der Waals surface area contributed by atoms with E-state index in [1.807, 2.05) is 20.8 Å². The number of ether oxygens (including phenoxy) is 1. The molecule has 0 unspecified atom stereocenters. The first-order valence-corrected chi connectivity index (χ1v) is 3.50. The second-order valence-corrected chi connectivity index (χ2v) is 2.39. The van der Waals surface area contributed by atoms with Gasteiger partial charge in [-0.3, -0.25) is 0 Å². The minimum atomic E-state index is 0.313. The summed E-state index contributed by atoms with van der Waals surface area (Å²) in [7, 11) is 0. The van der Waals surface area contributed by atoms with Crippen LogP contribution in [0.15, 0.2) is 11.8 Å². The topological polar surface area (TPSA) is 9.23 Å². The molecule has 1 heteroatoms. The Morgan fingerprint density at radius 2 is 2.11 bits per heavy atom. The normalized spacial score (nSPS) is 12.3. The van der Waals surface area contributed by atoms with E-state index >= 15 is 0 Å². The van der Waals surface area contributed by atoms with Crippen molar-refractivity contribution >= 4 is 0 Å². The summed E-state index contributed by atoms with van der Waals surface area (Å²) >= 11 is 0. The van der Waals surface area contributed by atoms with E-state index in [1.165, 1.54) is 0 Å². The van der Waals surface area contributed by atoms with Crippen molar-refractivity contribution in [2.45, 2.75) is 40.2 Å². The van der Waals surface area contributed by atoms with Crippen molar-refractivity contribution in [3.63, 3.8) is 0 Å². The summed E-state index contributed by atoms with van der Waals surface area (Å²) in [4.78, 5) is 0. The summed E-state index contributed by atoms with van der Waals surface area (Å²) in [6.07, 6.45) is 3.45. The first-order valence-electron chi connectivity index (χ1n) is 3.50. The van der Waals surface area contributed by atoms with Crippen LogP contribution in [0.1, 0.15) is 34.1 Å². The molecule has 0 aliphatic carbocycles. The van der Waals surface area contributed by atoms with Crippen molar-refractivity contribution in [2.75, 3.05) is 0 Å². The van der Waals surface area contributed by atoms with E-state index in [0.29, 0.717) is 6.10 Å². The van der Waals surface area contributed by atoms with E-state index in [9.17, 15) is 0 Å². The van der Waals surface area contributed by atoms with Gasteiger partial charge in [0.1, 0.15) is 0 Å². The summed E-state index contributed by atoms with van der Waals surface area (Å²) in [5.74, 6) is 1.03. The van der Waals surface area contributed by atoms with Crippen LogP contribution < -0.4 is 0 Å². The third-order valence-electron chi connectivity index (χ3n) is 0.913. The zero-order valence-corrected chi connectivity index (χ0v) is 6.77. The molecule has 0 aliphatic heterocycles. The molecule has 0 aromatic rings. The summed E-state index contributed by atoms with van der Waals surface area (Å²) in [6.45, 7) is 8.16. The molecular formula is C8H16O. The molecule has 0 bridgehead atoms. The molecule has 1 nitrogen and oxygen atoms in total. The predicted molar refractivity (Wildman–Crippen MR) is 40.3 cm³/mol. The van der Waals surface area contributed by atoms with Crippen LogP contribution in [-0.2, 0) is 4.74 Å². The van der Waals surface area contributed by atoms with Gasteiger partial charge < -0.3 is 4.74 Å². The Morgan fingerprint density at radius 1 is 1.56 bits per heavy atom. The fraction of sp³-hybridized carbons (Fsp3) is 0.750. The van der Waals surface area contributed by atoms with Crippen LogP contribution in [0.4, 0.5) is 0 Å². The predicted octanol–water partition coefficient (Wildman–Crippen LogP) is 2.73. The minimum Gasteiger partial charge on any atom is -0.496 e. The fourth-order valence-electron chi connectivity index (χ4n) is 0.707. The van der Waals surface area contributed by atoms with Gasteiger partial charge in [0, 0.05) is 0 Å². The highest BCUT2D eigenvalue weighted by Gasteiger charge is 1.91. The van der Waals surface area contributed by atoms with Gasteiger partial charge in [-0.05, 0) is 33.3 Å². The highest BCUT2D eigenvalue weighted by atomic mass is 16.5. The molecule has 0 aliphatic rings. The smallest absolute Gasteiger partial charge is 0.0926 e. The van der Waals surface area contributed by atoms with Gasteiger partial charge in [0.2, 0.25) is 0 Å². The van der Waals surface area contributed by atoms with E-state index in [1.54, 1.807) is 0 Å². The van der Waals surface area contributed by atoms with Gasteiger partial charge in [0.05, 0.1) is 11.9 Å². The Bertz CT molecular complexity index is 92.7. The number of hydrogen-bond donors (Lipinski definition) is 0. The van der Waals surface area contributed by atoms with Crippen LogP contribution >= 0.6 is 0 Å². The zero-order valence-electron chi connectivity index (χ0n) is 6.77. The Kier molecular flexibility index (Phi) is 4.20. The van der Waals surface area contributed by atoms with Gasteiger partial charge in [-0.15, -0.1) is 0 Å². The van der Waals surface area contributed by atoms with Crippen LogP contribution in [0, 0.1) is 0 Å². The third kappa shape index (κ3) is 5.41. The van der Waals surface area contributed by atoms with Crippen LogP contribution in [0.5, 0.6) is 0 Å². The maximum atomic E-state index is 5.35. The van der Waals surface area contributed by atoms with Crippen molar-refractivity contribution in [3.8, 4) is 0 Å². The summed E-state index contributed by atoms with van der Waals surface area (Å²) in [5, 5.41) is 0. The molecular weight excluding hydrogens is 112 g/mol. The molecule has 9 heavy (non-hydrogen) atoms. The van der Waals surface area contributed by atoms with Gasteiger partial charge in [-0.2, -0.15) is 0 Å². The van der Waals surface area contributed by atoms with Crippen LogP contribution in [-0.4, -0.2) is 6.10 Å². The third-order valence-corrected chi connectivity index (χ3v) is 0.913. The van der Waals surface area contributed by atoms with E-state index in [4.69, 9.17) is 4.74 Å². The second-order valence-electron chi connectivity index (χ2n) is 2.39. The molecule has 0 heterocycles. The highest BCUT2D eigenvalue weighted by Crippen LogP contribution is 2.01. The fourth-order valence-corrected chi connectivity index (χ4v) is 0.707. The van der Waals surface area contributed by atoms with Gasteiger partial charge in [-0.25, -0.2) is 0 Å². The first kappa shape index (κ1) is 8.54. The monoisotopic (exact) mass is 128 g/mol. The van der Waals surface area contributed by atoms with Crippen molar-refractivity contribution < 1.29 is 4.74 Å². The lowest BCUT2D eigenvalue weighted by Crippen LogP contribution is -1.99. The van der Waals surface area contributed by atoms with Crippen molar-refractivity contribution in [2.24, 2.45) is 0 Å². The largest absolute Gasteiger partial charge is 0.496 e. The van der Waals surface area contributed by atoms with Crippen molar-refractivity contribution in [1.82, 2.24) is 0 Å². The number of rotatable bonds is 3. The van der Waals surface area contributed by atoms with Crippen LogP contribution in [0.3, 0.4) is 0 Å². The van der Waals surface area contributed by atoms with Gasteiger partial charge >= 0.3 is 0 Å². The molecule has 0 spiro atoms. The average Bonchev–Trinajstić information content (AvgIpc) is 1.63. The maximum absolute atomic E-state index is 5.35. The van der Waals surface area contributed by atoms with E-state index in [0.717, 1.165) is 12.2 Å². The molecule has 0 rings (SSSR count). The van der Waals surface area contributed by atoms with Gasteiger partial charge in [0.25, 0.3) is 0 Å². The molecule has 0 aromatic heterocycles. The molecule has 0 N–H and O–H groups in total. The molecule has 0 saturated carbocycles. The van der Waals surface area contributed by atoms with Crippen LogP contribution in [0.2, 0.25) is 0 Å². The van der Waals surface area contributed by atoms with Gasteiger partial charge in [0.15, 0.2) is 0 Å². The van der Waals surface area contributed by atoms with E-state index in [-0.39, 0.29) is 0 Å². The lowest BCUT2D eigenvalue weighted by atomic mass is 10.4. The molecule has 0 amide bonds. The summed E-state index contributed by atoms with van der Waals surface area (Å²) in [6, 6.07) is 0. The summed E-state index contributed by atoms with van der Waals surface area (Å²) < 4.78 is 5.35. The Hall–Kier alpha value is -0.460. The quantitative estimate of drug-likeness (QED) is 0.531. The van der Waals surface area contributed by atoms with E-state index in [2.05, 4.69) is 13.0 Å². The van der Waals surface area contributed by atoms with Crippen LogP contribution in [0.25, 0.3) is 0 Å². The SMILES string of the molecule is CC/C=C(\C)OC(C)C. The lowest BCUT2D eigenvalue weighted by molar-refractivity contribution is 0.148. The Balaban J connectivity index is 3.49. The Labute approximate surface area is 57.7 Å². The molecule has 0 aromatic carbocycles. The highest BCUT2D eigenvalue weighted by molar-refractivity contribution is 4.87. The standard InChI is InChI=1S/C8H16O/c1-5-6-8(4)9-7(2)3/h6-7H,5H2,1-4H3/b8-6+. The van der Waals surface area contributed by atoms with Crippen molar-refractivity contribution in [1.29, 1.82) is 0 Å². The number of allylic oxidation sites excluding steroid dienone is 2. The zero-order chi connectivity index (χ0) is 7.28. The average molecular weight is 128 g/mol. The molecule has 0 saturated heterocycles. The minimum absolute atomic E-state index is 0.313. The first-order chi connectivity index (χ1) is 4.16. The maximum Gasteiger partial charge on any atom is 0.0926 e. The van der Waals surface area contributed by atoms with Crippen molar-refractivity contribution in [3.05, 3.63) is 11.8 Å². The van der Waals surface area contributed by atoms with Gasteiger partial charge in [-0.1, -0.05) is 6.92 Å². The molecule has 0 radical (unpaired) electrons.